The first-order valence-electron chi connectivity index (χ1n) is 7.25. The van der Waals surface area contributed by atoms with Crippen LogP contribution in [-0.4, -0.2) is 48.3 Å². The molecule has 1 saturated carbocycles. The zero-order chi connectivity index (χ0) is 13.7. The van der Waals surface area contributed by atoms with Crippen LogP contribution < -0.4 is 5.32 Å². The molecule has 2 rings (SSSR count). The first kappa shape index (κ1) is 14.5. The molecule has 0 amide bonds. The third kappa shape index (κ3) is 4.60. The largest absolute Gasteiger partial charge is 0.395 e. The molecular weight excluding hydrogens is 236 g/mol. The van der Waals surface area contributed by atoms with Gasteiger partial charge in [0.05, 0.1) is 6.61 Å². The summed E-state index contributed by atoms with van der Waals surface area (Å²) >= 11 is 0. The Morgan fingerprint density at radius 1 is 1.32 bits per heavy atom. The van der Waals surface area contributed by atoms with Crippen LogP contribution in [0.2, 0.25) is 0 Å². The van der Waals surface area contributed by atoms with Crippen molar-refractivity contribution in [3.8, 4) is 0 Å². The molecule has 3 nitrogen and oxygen atoms in total. The average Bonchev–Trinajstić information content (AvgIpc) is 3.09. The first-order chi connectivity index (χ1) is 9.13. The van der Waals surface area contributed by atoms with Crippen molar-refractivity contribution in [1.29, 1.82) is 0 Å². The van der Waals surface area contributed by atoms with Gasteiger partial charge in [0.25, 0.3) is 0 Å². The highest BCUT2D eigenvalue weighted by molar-refractivity contribution is 5.21. The molecule has 0 spiro atoms. The molecule has 19 heavy (non-hydrogen) atoms. The predicted molar refractivity (Wildman–Crippen MR) is 79.3 cm³/mol. The van der Waals surface area contributed by atoms with E-state index in [2.05, 4.69) is 54.5 Å². The van der Waals surface area contributed by atoms with Crippen LogP contribution in [0.3, 0.4) is 0 Å². The van der Waals surface area contributed by atoms with Gasteiger partial charge in [-0.25, -0.2) is 0 Å². The Balaban J connectivity index is 1.81. The summed E-state index contributed by atoms with van der Waals surface area (Å²) in [5.74, 6) is 0. The fraction of sp³-hybridized carbons (Fsp3) is 0.625. The van der Waals surface area contributed by atoms with E-state index in [1.54, 1.807) is 0 Å². The van der Waals surface area contributed by atoms with E-state index >= 15 is 0 Å². The smallest absolute Gasteiger partial charge is 0.0558 e. The Kier molecular flexibility index (Phi) is 4.97. The maximum absolute atomic E-state index is 8.93. The van der Waals surface area contributed by atoms with E-state index in [0.717, 1.165) is 19.5 Å². The molecule has 1 aromatic carbocycles. The Morgan fingerprint density at radius 3 is 2.58 bits per heavy atom. The molecule has 1 atom stereocenters. The summed E-state index contributed by atoms with van der Waals surface area (Å²) in [4.78, 5) is 2.18. The minimum absolute atomic E-state index is 0.235. The van der Waals surface area contributed by atoms with Gasteiger partial charge in [0, 0.05) is 24.7 Å². The van der Waals surface area contributed by atoms with Crippen molar-refractivity contribution in [3.05, 3.63) is 35.9 Å². The van der Waals surface area contributed by atoms with Crippen LogP contribution in [0.4, 0.5) is 0 Å². The number of nitrogens with one attached hydrogen (secondary N) is 1. The highest BCUT2D eigenvalue weighted by Crippen LogP contribution is 2.39. The molecule has 0 saturated heterocycles. The van der Waals surface area contributed by atoms with Gasteiger partial charge in [0.2, 0.25) is 0 Å². The number of hydrogen-bond acceptors (Lipinski definition) is 3. The number of nitrogens with zero attached hydrogens (tertiary/aromatic N) is 1. The molecule has 0 bridgehead atoms. The van der Waals surface area contributed by atoms with Gasteiger partial charge in [-0.1, -0.05) is 30.3 Å². The molecule has 2 N–H and O–H groups in total. The van der Waals surface area contributed by atoms with Crippen LogP contribution in [0.1, 0.15) is 25.3 Å². The van der Waals surface area contributed by atoms with Gasteiger partial charge in [-0.05, 0) is 38.8 Å². The van der Waals surface area contributed by atoms with E-state index in [1.807, 2.05) is 0 Å². The number of aliphatic hydroxyl groups excluding tert-OH is 1. The van der Waals surface area contributed by atoms with Gasteiger partial charge in [-0.2, -0.15) is 0 Å². The van der Waals surface area contributed by atoms with Gasteiger partial charge >= 0.3 is 0 Å². The van der Waals surface area contributed by atoms with Gasteiger partial charge in [-0.3, -0.25) is 0 Å². The third-order valence-corrected chi connectivity index (χ3v) is 3.86. The molecule has 0 radical (unpaired) electrons. The van der Waals surface area contributed by atoms with Crippen LogP contribution in [0, 0.1) is 0 Å². The lowest BCUT2D eigenvalue weighted by atomic mass is 10.0. The zero-order valence-electron chi connectivity index (χ0n) is 12.1. The van der Waals surface area contributed by atoms with Crippen molar-refractivity contribution in [2.24, 2.45) is 0 Å². The van der Waals surface area contributed by atoms with Crippen LogP contribution in [-0.2, 0) is 6.42 Å². The number of rotatable bonds is 8. The Bertz CT molecular complexity index is 376. The molecule has 0 aromatic heterocycles. The second-order valence-corrected chi connectivity index (χ2v) is 5.97. The first-order valence-corrected chi connectivity index (χ1v) is 7.25. The molecule has 1 aliphatic rings. The van der Waals surface area contributed by atoms with E-state index in [0.29, 0.717) is 11.6 Å². The number of benzene rings is 1. The third-order valence-electron chi connectivity index (χ3n) is 3.86. The second kappa shape index (κ2) is 6.51. The Hall–Kier alpha value is -0.900. The summed E-state index contributed by atoms with van der Waals surface area (Å²) in [6, 6.07) is 11.2. The standard InChI is InChI=1S/C16H26N2O/c1-14(13-18(2)10-11-19)17-16(8-9-16)12-15-6-4-3-5-7-15/h3-7,14,17,19H,8-13H2,1-2H3. The molecule has 1 unspecified atom stereocenters. The summed E-state index contributed by atoms with van der Waals surface area (Å²) in [6.07, 6.45) is 3.67. The van der Waals surface area contributed by atoms with Crippen LogP contribution in [0.5, 0.6) is 0 Å². The monoisotopic (exact) mass is 262 g/mol. The minimum Gasteiger partial charge on any atom is -0.395 e. The van der Waals surface area contributed by atoms with E-state index in [4.69, 9.17) is 5.11 Å². The van der Waals surface area contributed by atoms with Crippen molar-refractivity contribution in [2.75, 3.05) is 26.7 Å². The van der Waals surface area contributed by atoms with Gasteiger partial charge in [-0.15, -0.1) is 0 Å². The fourth-order valence-electron chi connectivity index (χ4n) is 2.81. The molecule has 1 aromatic rings. The van der Waals surface area contributed by atoms with Gasteiger partial charge < -0.3 is 15.3 Å². The molecular formula is C16H26N2O. The van der Waals surface area contributed by atoms with Crippen LogP contribution >= 0.6 is 0 Å². The highest BCUT2D eigenvalue weighted by Gasteiger charge is 2.43. The number of likely N-dealkylation sites (N-methyl/N-ethyl adjacent to an activating group) is 1. The summed E-state index contributed by atoms with van der Waals surface area (Å²) in [5.41, 5.74) is 1.74. The van der Waals surface area contributed by atoms with Crippen LogP contribution in [0.25, 0.3) is 0 Å². The molecule has 0 aliphatic heterocycles. The lowest BCUT2D eigenvalue weighted by Crippen LogP contribution is -2.45. The summed E-state index contributed by atoms with van der Waals surface area (Å²) in [5, 5.41) is 12.7. The van der Waals surface area contributed by atoms with Gasteiger partial charge in [0.1, 0.15) is 0 Å². The zero-order valence-corrected chi connectivity index (χ0v) is 12.1. The summed E-state index contributed by atoms with van der Waals surface area (Å²) in [7, 11) is 2.06. The SMILES string of the molecule is CC(CN(C)CCO)NC1(Cc2ccccc2)CC1. The maximum Gasteiger partial charge on any atom is 0.0558 e. The van der Waals surface area contributed by atoms with Crippen molar-refractivity contribution < 1.29 is 5.11 Å². The van der Waals surface area contributed by atoms with Gasteiger partial charge in [0.15, 0.2) is 0 Å². The second-order valence-electron chi connectivity index (χ2n) is 5.97. The fourth-order valence-corrected chi connectivity index (χ4v) is 2.81. The average molecular weight is 262 g/mol. The lowest BCUT2D eigenvalue weighted by Gasteiger charge is -2.26. The Morgan fingerprint density at radius 2 is 2.00 bits per heavy atom. The molecule has 106 valence electrons. The van der Waals surface area contributed by atoms with E-state index in [9.17, 15) is 0 Å². The number of hydrogen-bond donors (Lipinski definition) is 2. The Labute approximate surface area is 116 Å². The normalized spacial score (nSPS) is 18.5. The van der Waals surface area contributed by atoms with E-state index < -0.39 is 0 Å². The van der Waals surface area contributed by atoms with E-state index in [-0.39, 0.29) is 6.61 Å². The van der Waals surface area contributed by atoms with Crippen molar-refractivity contribution >= 4 is 0 Å². The summed E-state index contributed by atoms with van der Waals surface area (Å²) < 4.78 is 0. The molecule has 3 heteroatoms. The molecule has 1 aliphatic carbocycles. The molecule has 0 heterocycles. The van der Waals surface area contributed by atoms with Crippen molar-refractivity contribution in [3.63, 3.8) is 0 Å². The predicted octanol–water partition coefficient (Wildman–Crippen LogP) is 1.66. The molecule has 1 fully saturated rings. The topological polar surface area (TPSA) is 35.5 Å². The van der Waals surface area contributed by atoms with Crippen molar-refractivity contribution in [2.45, 2.75) is 37.8 Å². The quantitative estimate of drug-likeness (QED) is 0.748. The van der Waals surface area contributed by atoms with E-state index in [1.165, 1.54) is 18.4 Å². The maximum atomic E-state index is 8.93. The highest BCUT2D eigenvalue weighted by atomic mass is 16.3. The lowest BCUT2D eigenvalue weighted by molar-refractivity contribution is 0.206. The van der Waals surface area contributed by atoms with Crippen LogP contribution in [0.15, 0.2) is 30.3 Å². The summed E-state index contributed by atoms with van der Waals surface area (Å²) in [6.45, 7) is 4.20. The number of aliphatic hydroxyl groups is 1. The van der Waals surface area contributed by atoms with Crippen molar-refractivity contribution in [1.82, 2.24) is 10.2 Å². The minimum atomic E-state index is 0.235.